The Morgan fingerprint density at radius 1 is 1.24 bits per heavy atom. The monoisotopic (exact) mass is 494 g/mol. The van der Waals surface area contributed by atoms with Gasteiger partial charge >= 0.3 is 5.97 Å². The van der Waals surface area contributed by atoms with Crippen molar-refractivity contribution in [3.63, 3.8) is 0 Å². The second-order valence-corrected chi connectivity index (χ2v) is 13.1. The first-order valence-electron chi connectivity index (χ1n) is 12.2. The molecule has 188 valence electrons. The number of aliphatic hydroxyl groups excluding tert-OH is 1. The zero-order valence-corrected chi connectivity index (χ0v) is 21.6. The largest absolute Gasteiger partial charge is 0.457 e. The second kappa shape index (κ2) is 7.99. The molecule has 0 aromatic carbocycles. The Hall–Kier alpha value is -1.53. The van der Waals surface area contributed by atoms with E-state index in [1.54, 1.807) is 26.8 Å². The number of ether oxygens (including phenoxy) is 1. The average Bonchev–Trinajstić information content (AvgIpc) is 2.99. The highest BCUT2D eigenvalue weighted by atomic mass is 35.5. The maximum Gasteiger partial charge on any atom is 0.311 e. The Morgan fingerprint density at radius 2 is 1.88 bits per heavy atom. The van der Waals surface area contributed by atoms with Gasteiger partial charge in [0, 0.05) is 11.3 Å². The maximum absolute atomic E-state index is 15.5. The van der Waals surface area contributed by atoms with Gasteiger partial charge < -0.3 is 9.84 Å². The van der Waals surface area contributed by atoms with Gasteiger partial charge in [0.05, 0.1) is 16.4 Å². The van der Waals surface area contributed by atoms with Crippen LogP contribution in [-0.2, 0) is 19.1 Å². The van der Waals surface area contributed by atoms with Crippen molar-refractivity contribution < 1.29 is 28.6 Å². The van der Waals surface area contributed by atoms with Gasteiger partial charge in [0.1, 0.15) is 12.8 Å². The summed E-state index contributed by atoms with van der Waals surface area (Å²) in [5.74, 6) is -1.77. The molecule has 4 aliphatic carbocycles. The van der Waals surface area contributed by atoms with Gasteiger partial charge in [0.15, 0.2) is 11.6 Å². The summed E-state index contributed by atoms with van der Waals surface area (Å²) in [6.45, 7) is 10.7. The summed E-state index contributed by atoms with van der Waals surface area (Å²) in [5.41, 5.74) is -1.97. The molecule has 3 saturated carbocycles. The SMILES string of the molecule is C[C@@H]1C[C@@H]2[C@@H]3C[C@H](F)C4=CC(=O)C=C[C@]4(C)[C@@]3(Cl)[C@H](O)C[C@]2(C)[C@@H]1C(=O)COC(=O)C(C)(C)C. The zero-order valence-electron chi connectivity index (χ0n) is 20.9. The van der Waals surface area contributed by atoms with Crippen LogP contribution < -0.4 is 0 Å². The third-order valence-corrected chi connectivity index (χ3v) is 10.2. The van der Waals surface area contributed by atoms with Crippen LogP contribution in [0.1, 0.15) is 60.8 Å². The molecule has 7 heteroatoms. The summed E-state index contributed by atoms with van der Waals surface area (Å²) >= 11 is 7.34. The van der Waals surface area contributed by atoms with Crippen molar-refractivity contribution in [2.75, 3.05) is 6.61 Å². The lowest BCUT2D eigenvalue weighted by molar-refractivity contribution is -0.159. The fourth-order valence-electron chi connectivity index (χ4n) is 7.70. The molecule has 0 heterocycles. The van der Waals surface area contributed by atoms with E-state index in [2.05, 4.69) is 0 Å². The molecule has 0 aromatic heterocycles. The molecule has 9 atom stereocenters. The van der Waals surface area contributed by atoms with E-state index >= 15 is 4.39 Å². The lowest BCUT2D eigenvalue weighted by Crippen LogP contribution is -2.67. The highest BCUT2D eigenvalue weighted by Gasteiger charge is 2.71. The van der Waals surface area contributed by atoms with Crippen LogP contribution in [0, 0.1) is 39.9 Å². The Balaban J connectivity index is 1.67. The molecule has 4 rings (SSSR count). The van der Waals surface area contributed by atoms with Crippen molar-refractivity contribution in [2.45, 2.75) is 78.0 Å². The first-order chi connectivity index (χ1) is 15.6. The van der Waals surface area contributed by atoms with Gasteiger partial charge in [-0.2, -0.15) is 0 Å². The van der Waals surface area contributed by atoms with Crippen LogP contribution >= 0.6 is 11.6 Å². The number of ketones is 2. The first-order valence-corrected chi connectivity index (χ1v) is 12.6. The minimum Gasteiger partial charge on any atom is -0.457 e. The number of rotatable bonds is 3. The van der Waals surface area contributed by atoms with Crippen LogP contribution in [0.5, 0.6) is 0 Å². The molecule has 0 spiro atoms. The second-order valence-electron chi connectivity index (χ2n) is 12.4. The van der Waals surface area contributed by atoms with Crippen molar-refractivity contribution in [1.82, 2.24) is 0 Å². The summed E-state index contributed by atoms with van der Waals surface area (Å²) in [5, 5.41) is 11.5. The van der Waals surface area contributed by atoms with Gasteiger partial charge in [-0.25, -0.2) is 4.39 Å². The van der Waals surface area contributed by atoms with E-state index in [1.165, 1.54) is 12.2 Å². The lowest BCUT2D eigenvalue weighted by atomic mass is 9.46. The summed E-state index contributed by atoms with van der Waals surface area (Å²) in [7, 11) is 0. The van der Waals surface area contributed by atoms with Crippen molar-refractivity contribution in [3.05, 3.63) is 23.8 Å². The van der Waals surface area contributed by atoms with Crippen LogP contribution in [0.3, 0.4) is 0 Å². The standard InChI is InChI=1S/C27H36ClFO5/c1-14-9-16-17-11-19(29)18-10-15(30)7-8-26(18,6)27(17,28)21(32)12-25(16,5)22(14)20(31)13-34-23(33)24(2,3)4/h7-8,10,14,16-17,19,21-22,32H,9,11-13H2,1-6H3/t14-,16-,17+,19+,21-,22+,25+,26+,27+/m1/s1. The third-order valence-electron chi connectivity index (χ3n) is 9.27. The van der Waals surface area contributed by atoms with Gasteiger partial charge in [-0.05, 0) is 80.9 Å². The number of hydrogen-bond acceptors (Lipinski definition) is 5. The van der Waals surface area contributed by atoms with E-state index in [0.717, 1.165) is 0 Å². The van der Waals surface area contributed by atoms with Crippen LogP contribution in [0.4, 0.5) is 4.39 Å². The molecule has 0 aromatic rings. The molecule has 0 unspecified atom stereocenters. The van der Waals surface area contributed by atoms with Gasteiger partial charge in [0.25, 0.3) is 0 Å². The van der Waals surface area contributed by atoms with Gasteiger partial charge in [-0.15, -0.1) is 11.6 Å². The third kappa shape index (κ3) is 3.46. The zero-order chi connectivity index (χ0) is 25.4. The number of aliphatic hydroxyl groups is 1. The molecule has 0 bridgehead atoms. The van der Waals surface area contributed by atoms with Crippen LogP contribution in [0.2, 0.25) is 0 Å². The highest BCUT2D eigenvalue weighted by molar-refractivity contribution is 6.26. The van der Waals surface area contributed by atoms with Crippen molar-refractivity contribution >= 4 is 29.1 Å². The number of halogens is 2. The first kappa shape index (κ1) is 25.6. The van der Waals surface area contributed by atoms with E-state index in [-0.39, 0.29) is 48.8 Å². The Labute approximate surface area is 206 Å². The highest BCUT2D eigenvalue weighted by Crippen LogP contribution is 2.70. The van der Waals surface area contributed by atoms with E-state index < -0.39 is 45.3 Å². The Bertz CT molecular complexity index is 982. The van der Waals surface area contributed by atoms with E-state index in [4.69, 9.17) is 16.3 Å². The molecule has 3 fully saturated rings. The molecule has 1 N–H and O–H groups in total. The molecule has 34 heavy (non-hydrogen) atoms. The molecule has 4 aliphatic rings. The quantitative estimate of drug-likeness (QED) is 0.458. The number of carbonyl (C=O) groups excluding carboxylic acids is 3. The number of fused-ring (bicyclic) bond motifs is 5. The number of hydrogen-bond donors (Lipinski definition) is 1. The number of alkyl halides is 2. The summed E-state index contributed by atoms with van der Waals surface area (Å²) in [6, 6.07) is 0. The number of carbonyl (C=O) groups is 3. The molecule has 5 nitrogen and oxygen atoms in total. The fourth-order valence-corrected chi connectivity index (χ4v) is 8.19. The Kier molecular flexibility index (Phi) is 6.01. The lowest BCUT2D eigenvalue weighted by Gasteiger charge is -2.63. The molecule has 0 saturated heterocycles. The van der Waals surface area contributed by atoms with Crippen LogP contribution in [0.25, 0.3) is 0 Å². The topological polar surface area (TPSA) is 80.7 Å². The number of Topliss-reactive ketones (excluding diaryl/α,β-unsaturated/α-hetero) is 1. The molecule has 0 radical (unpaired) electrons. The average molecular weight is 495 g/mol. The number of allylic oxidation sites excluding steroid dienone is 4. The van der Waals surface area contributed by atoms with Crippen molar-refractivity contribution in [1.29, 1.82) is 0 Å². The summed E-state index contributed by atoms with van der Waals surface area (Å²) in [4.78, 5) is 36.4. The van der Waals surface area contributed by atoms with Crippen molar-refractivity contribution in [3.8, 4) is 0 Å². The predicted octanol–water partition coefficient (Wildman–Crippen LogP) is 4.60. The van der Waals surface area contributed by atoms with E-state index in [1.807, 2.05) is 20.8 Å². The molecular weight excluding hydrogens is 459 g/mol. The fraction of sp³-hybridized carbons (Fsp3) is 0.741. The smallest absolute Gasteiger partial charge is 0.311 e. The minimum absolute atomic E-state index is 0.0201. The maximum atomic E-state index is 15.5. The van der Waals surface area contributed by atoms with Crippen LogP contribution in [0.15, 0.2) is 23.8 Å². The van der Waals surface area contributed by atoms with E-state index in [0.29, 0.717) is 12.0 Å². The number of esters is 1. The van der Waals surface area contributed by atoms with Gasteiger partial charge in [0.2, 0.25) is 0 Å². The minimum atomic E-state index is -1.34. The molecule has 0 amide bonds. The summed E-state index contributed by atoms with van der Waals surface area (Å²) in [6.07, 6.45) is 3.13. The van der Waals surface area contributed by atoms with E-state index in [9.17, 15) is 19.5 Å². The van der Waals surface area contributed by atoms with Gasteiger partial charge in [-0.1, -0.05) is 26.8 Å². The predicted molar refractivity (Wildman–Crippen MR) is 127 cm³/mol. The molecular formula is C27H36ClFO5. The van der Waals surface area contributed by atoms with Crippen molar-refractivity contribution in [2.24, 2.45) is 39.9 Å². The van der Waals surface area contributed by atoms with Gasteiger partial charge in [-0.3, -0.25) is 14.4 Å². The van der Waals surface area contributed by atoms with Crippen LogP contribution in [-0.4, -0.2) is 46.4 Å². The normalized spacial score (nSPS) is 45.7. The summed E-state index contributed by atoms with van der Waals surface area (Å²) < 4.78 is 20.9. The molecule has 0 aliphatic heterocycles. The Morgan fingerprint density at radius 3 is 2.50 bits per heavy atom.